The van der Waals surface area contributed by atoms with Crippen LogP contribution in [0.25, 0.3) is 0 Å². The van der Waals surface area contributed by atoms with E-state index in [2.05, 4.69) is 41.2 Å². The summed E-state index contributed by atoms with van der Waals surface area (Å²) >= 11 is 9.62. The Labute approximate surface area is 139 Å². The molecule has 0 aliphatic heterocycles. The molecule has 0 aliphatic rings. The van der Waals surface area contributed by atoms with Crippen LogP contribution in [0.1, 0.15) is 25.0 Å². The topological polar surface area (TPSA) is 21.3 Å². The molecule has 0 amide bonds. The molecule has 0 atom stereocenters. The number of nitrogens with one attached hydrogen (secondary N) is 1. The lowest BCUT2D eigenvalue weighted by atomic mass is 10.2. The SMILES string of the molecule is CC(C)NCc1ccccc1OCc1ccc(Br)cc1Cl. The smallest absolute Gasteiger partial charge is 0.124 e. The van der Waals surface area contributed by atoms with E-state index in [9.17, 15) is 0 Å². The number of hydrogen-bond donors (Lipinski definition) is 1. The molecule has 0 aromatic heterocycles. The third kappa shape index (κ3) is 5.03. The third-order valence-corrected chi connectivity index (χ3v) is 3.92. The van der Waals surface area contributed by atoms with Crippen molar-refractivity contribution in [3.63, 3.8) is 0 Å². The summed E-state index contributed by atoms with van der Waals surface area (Å²) in [7, 11) is 0. The summed E-state index contributed by atoms with van der Waals surface area (Å²) in [4.78, 5) is 0. The molecule has 0 fully saturated rings. The lowest BCUT2D eigenvalue weighted by Crippen LogP contribution is -2.22. The minimum absolute atomic E-state index is 0.443. The Balaban J connectivity index is 2.05. The fraction of sp³-hybridized carbons (Fsp3) is 0.294. The summed E-state index contributed by atoms with van der Waals surface area (Å²) < 4.78 is 6.91. The van der Waals surface area contributed by atoms with Gasteiger partial charge in [0.15, 0.2) is 0 Å². The van der Waals surface area contributed by atoms with Crippen LogP contribution in [0.4, 0.5) is 0 Å². The Hall–Kier alpha value is -1.03. The molecule has 2 nitrogen and oxygen atoms in total. The average molecular weight is 369 g/mol. The highest BCUT2D eigenvalue weighted by Gasteiger charge is 2.06. The summed E-state index contributed by atoms with van der Waals surface area (Å²) in [6, 6.07) is 14.3. The fourth-order valence-electron chi connectivity index (χ4n) is 1.90. The molecule has 4 heteroatoms. The summed E-state index contributed by atoms with van der Waals surface area (Å²) in [5.41, 5.74) is 2.13. The molecule has 0 saturated carbocycles. The third-order valence-electron chi connectivity index (χ3n) is 3.07. The van der Waals surface area contributed by atoms with Gasteiger partial charge in [0.2, 0.25) is 0 Å². The van der Waals surface area contributed by atoms with Gasteiger partial charge in [0, 0.05) is 33.2 Å². The Morgan fingerprint density at radius 1 is 1.14 bits per heavy atom. The van der Waals surface area contributed by atoms with Crippen LogP contribution in [0.2, 0.25) is 5.02 Å². The fourth-order valence-corrected chi connectivity index (χ4v) is 2.63. The van der Waals surface area contributed by atoms with Gasteiger partial charge in [-0.3, -0.25) is 0 Å². The van der Waals surface area contributed by atoms with E-state index in [0.717, 1.165) is 27.9 Å². The van der Waals surface area contributed by atoms with E-state index < -0.39 is 0 Å². The van der Waals surface area contributed by atoms with Crippen LogP contribution in [0, 0.1) is 0 Å². The van der Waals surface area contributed by atoms with E-state index in [1.54, 1.807) is 0 Å². The lowest BCUT2D eigenvalue weighted by molar-refractivity contribution is 0.302. The number of para-hydroxylation sites is 1. The number of ether oxygens (including phenoxy) is 1. The van der Waals surface area contributed by atoms with E-state index in [0.29, 0.717) is 17.7 Å². The van der Waals surface area contributed by atoms with Crippen molar-refractivity contribution in [3.05, 3.63) is 63.1 Å². The highest BCUT2D eigenvalue weighted by molar-refractivity contribution is 9.10. The van der Waals surface area contributed by atoms with E-state index >= 15 is 0 Å². The zero-order valence-electron chi connectivity index (χ0n) is 12.2. The average Bonchev–Trinajstić information content (AvgIpc) is 2.45. The van der Waals surface area contributed by atoms with Gasteiger partial charge < -0.3 is 10.1 Å². The van der Waals surface area contributed by atoms with Crippen molar-refractivity contribution in [2.75, 3.05) is 0 Å². The number of halogens is 2. The van der Waals surface area contributed by atoms with Crippen molar-refractivity contribution in [1.82, 2.24) is 5.32 Å². The molecule has 0 aliphatic carbocycles. The Bertz CT molecular complexity index is 601. The quantitative estimate of drug-likeness (QED) is 0.758. The first-order chi connectivity index (χ1) is 10.1. The van der Waals surface area contributed by atoms with Crippen LogP contribution in [0.5, 0.6) is 5.75 Å². The Kier molecular flexibility index (Phi) is 6.09. The second kappa shape index (κ2) is 7.83. The first-order valence-electron chi connectivity index (χ1n) is 6.94. The van der Waals surface area contributed by atoms with Gasteiger partial charge >= 0.3 is 0 Å². The van der Waals surface area contributed by atoms with Gasteiger partial charge in [0.1, 0.15) is 12.4 Å². The van der Waals surface area contributed by atoms with Gasteiger partial charge in [-0.25, -0.2) is 0 Å². The zero-order chi connectivity index (χ0) is 15.2. The minimum atomic E-state index is 0.443. The van der Waals surface area contributed by atoms with Crippen LogP contribution < -0.4 is 10.1 Å². The zero-order valence-corrected chi connectivity index (χ0v) is 14.5. The van der Waals surface area contributed by atoms with E-state index in [4.69, 9.17) is 16.3 Å². The highest BCUT2D eigenvalue weighted by Crippen LogP contribution is 2.24. The summed E-state index contributed by atoms with van der Waals surface area (Å²) in [6.07, 6.45) is 0. The summed E-state index contributed by atoms with van der Waals surface area (Å²) in [5, 5.41) is 4.12. The molecule has 1 N–H and O–H groups in total. The number of rotatable bonds is 6. The van der Waals surface area contributed by atoms with E-state index in [-0.39, 0.29) is 0 Å². The van der Waals surface area contributed by atoms with Crippen LogP contribution in [0.15, 0.2) is 46.9 Å². The summed E-state index contributed by atoms with van der Waals surface area (Å²) in [5.74, 6) is 0.893. The van der Waals surface area contributed by atoms with Crippen LogP contribution in [-0.2, 0) is 13.2 Å². The molecule has 0 spiro atoms. The lowest BCUT2D eigenvalue weighted by Gasteiger charge is -2.14. The van der Waals surface area contributed by atoms with E-state index in [1.165, 1.54) is 0 Å². The molecule has 21 heavy (non-hydrogen) atoms. The predicted octanol–water partition coefficient (Wildman–Crippen LogP) is 5.18. The molecule has 112 valence electrons. The maximum absolute atomic E-state index is 6.22. The minimum Gasteiger partial charge on any atom is -0.489 e. The van der Waals surface area contributed by atoms with Gasteiger partial charge in [0.25, 0.3) is 0 Å². The second-order valence-electron chi connectivity index (χ2n) is 5.17. The molecular weight excluding hydrogens is 350 g/mol. The Morgan fingerprint density at radius 2 is 1.90 bits per heavy atom. The van der Waals surface area contributed by atoms with Gasteiger partial charge in [-0.2, -0.15) is 0 Å². The monoisotopic (exact) mass is 367 g/mol. The first kappa shape index (κ1) is 16.3. The largest absolute Gasteiger partial charge is 0.489 e. The first-order valence-corrected chi connectivity index (χ1v) is 8.11. The standard InChI is InChI=1S/C17H19BrClNO/c1-12(2)20-10-13-5-3-4-6-17(13)21-11-14-7-8-15(18)9-16(14)19/h3-9,12,20H,10-11H2,1-2H3. The van der Waals surface area contributed by atoms with Gasteiger partial charge in [-0.15, -0.1) is 0 Å². The number of hydrogen-bond acceptors (Lipinski definition) is 2. The van der Waals surface area contributed by atoms with Crippen molar-refractivity contribution < 1.29 is 4.74 Å². The molecular formula is C17H19BrClNO. The maximum atomic E-state index is 6.22. The van der Waals surface area contributed by atoms with Crippen LogP contribution in [-0.4, -0.2) is 6.04 Å². The van der Waals surface area contributed by atoms with Crippen molar-refractivity contribution in [3.8, 4) is 5.75 Å². The maximum Gasteiger partial charge on any atom is 0.124 e. The number of benzene rings is 2. The predicted molar refractivity (Wildman–Crippen MR) is 91.9 cm³/mol. The molecule has 0 bridgehead atoms. The van der Waals surface area contributed by atoms with Crippen LogP contribution >= 0.6 is 27.5 Å². The van der Waals surface area contributed by atoms with Gasteiger partial charge in [0.05, 0.1) is 0 Å². The molecule has 2 rings (SSSR count). The molecule has 0 heterocycles. The van der Waals surface area contributed by atoms with Crippen molar-refractivity contribution in [1.29, 1.82) is 0 Å². The molecule has 2 aromatic carbocycles. The van der Waals surface area contributed by atoms with Crippen molar-refractivity contribution >= 4 is 27.5 Å². The highest BCUT2D eigenvalue weighted by atomic mass is 79.9. The summed E-state index contributed by atoms with van der Waals surface area (Å²) in [6.45, 7) is 5.52. The molecule has 0 saturated heterocycles. The van der Waals surface area contributed by atoms with Gasteiger partial charge in [-0.05, 0) is 18.2 Å². The molecule has 2 aromatic rings. The van der Waals surface area contributed by atoms with Crippen molar-refractivity contribution in [2.45, 2.75) is 33.0 Å². The second-order valence-corrected chi connectivity index (χ2v) is 6.49. The normalized spacial score (nSPS) is 10.9. The molecule has 0 radical (unpaired) electrons. The van der Waals surface area contributed by atoms with E-state index in [1.807, 2.05) is 36.4 Å². The van der Waals surface area contributed by atoms with Gasteiger partial charge in [-0.1, -0.05) is 65.6 Å². The van der Waals surface area contributed by atoms with Crippen molar-refractivity contribution in [2.24, 2.45) is 0 Å². The Morgan fingerprint density at radius 3 is 2.62 bits per heavy atom. The molecule has 0 unspecified atom stereocenters. The van der Waals surface area contributed by atoms with Crippen LogP contribution in [0.3, 0.4) is 0 Å².